The molecule has 0 aliphatic rings. The van der Waals surface area contributed by atoms with Crippen molar-refractivity contribution in [2.24, 2.45) is 5.73 Å². The number of amides is 1. The third-order valence-corrected chi connectivity index (χ3v) is 4.07. The van der Waals surface area contributed by atoms with Crippen molar-refractivity contribution in [2.75, 3.05) is 18.6 Å². The van der Waals surface area contributed by atoms with Crippen LogP contribution in [0.25, 0.3) is 0 Å². The van der Waals surface area contributed by atoms with Crippen molar-refractivity contribution in [3.05, 3.63) is 16.6 Å². The van der Waals surface area contributed by atoms with Crippen LogP contribution in [0.2, 0.25) is 0 Å². The minimum absolute atomic E-state index is 0.0753. The van der Waals surface area contributed by atoms with Crippen LogP contribution in [0.3, 0.4) is 0 Å². The Kier molecular flexibility index (Phi) is 5.70. The largest absolute Gasteiger partial charge is 0.354 e. The van der Waals surface area contributed by atoms with E-state index in [9.17, 15) is 13.2 Å². The molecule has 1 aromatic rings. The van der Waals surface area contributed by atoms with Crippen molar-refractivity contribution in [3.8, 4) is 0 Å². The average Bonchev–Trinajstić information content (AvgIpc) is 2.77. The first-order valence-corrected chi connectivity index (χ1v) is 8.42. The summed E-state index contributed by atoms with van der Waals surface area (Å²) in [4.78, 5) is 15.6. The molecule has 0 radical (unpaired) electrons. The first kappa shape index (κ1) is 15.1. The summed E-state index contributed by atoms with van der Waals surface area (Å²) in [6.07, 6.45) is 3.63. The van der Waals surface area contributed by atoms with Crippen LogP contribution in [-0.4, -0.2) is 43.9 Å². The van der Waals surface area contributed by atoms with E-state index in [0.29, 0.717) is 13.0 Å². The SMILES string of the molecule is CS(=O)(=O)CCC(N)C(=O)NCCc1nccs1. The van der Waals surface area contributed by atoms with Gasteiger partial charge < -0.3 is 11.1 Å². The zero-order valence-electron chi connectivity index (χ0n) is 10.1. The Morgan fingerprint density at radius 1 is 1.61 bits per heavy atom. The molecule has 0 spiro atoms. The fraction of sp³-hybridized carbons (Fsp3) is 0.600. The van der Waals surface area contributed by atoms with Gasteiger partial charge in [0.25, 0.3) is 0 Å². The third kappa shape index (κ3) is 6.08. The molecule has 1 aromatic heterocycles. The topological polar surface area (TPSA) is 102 Å². The fourth-order valence-corrected chi connectivity index (χ4v) is 2.57. The van der Waals surface area contributed by atoms with E-state index in [1.807, 2.05) is 5.38 Å². The summed E-state index contributed by atoms with van der Waals surface area (Å²) in [5.74, 6) is -0.399. The monoisotopic (exact) mass is 291 g/mol. The number of nitrogens with one attached hydrogen (secondary N) is 1. The highest BCUT2D eigenvalue weighted by Gasteiger charge is 2.15. The second kappa shape index (κ2) is 6.81. The molecule has 0 fully saturated rings. The van der Waals surface area contributed by atoms with Crippen LogP contribution in [0.15, 0.2) is 11.6 Å². The van der Waals surface area contributed by atoms with Crippen molar-refractivity contribution in [2.45, 2.75) is 18.9 Å². The van der Waals surface area contributed by atoms with E-state index in [0.717, 1.165) is 11.3 Å². The number of hydrogen-bond acceptors (Lipinski definition) is 6. The summed E-state index contributed by atoms with van der Waals surface area (Å²) < 4.78 is 21.9. The molecular formula is C10H17N3O3S2. The summed E-state index contributed by atoms with van der Waals surface area (Å²) >= 11 is 1.52. The van der Waals surface area contributed by atoms with Gasteiger partial charge in [0, 0.05) is 30.8 Å². The van der Waals surface area contributed by atoms with Gasteiger partial charge in [-0.15, -0.1) is 11.3 Å². The van der Waals surface area contributed by atoms with Crippen LogP contribution in [0.5, 0.6) is 0 Å². The first-order valence-electron chi connectivity index (χ1n) is 5.48. The summed E-state index contributed by atoms with van der Waals surface area (Å²) in [7, 11) is -3.08. The van der Waals surface area contributed by atoms with E-state index in [1.54, 1.807) is 6.20 Å². The third-order valence-electron chi connectivity index (χ3n) is 2.26. The highest BCUT2D eigenvalue weighted by molar-refractivity contribution is 7.90. The number of nitrogens with two attached hydrogens (primary N) is 1. The van der Waals surface area contributed by atoms with Gasteiger partial charge in [0.1, 0.15) is 9.84 Å². The Balaban J connectivity index is 2.23. The van der Waals surface area contributed by atoms with Crippen LogP contribution < -0.4 is 11.1 Å². The molecule has 1 amide bonds. The van der Waals surface area contributed by atoms with Crippen LogP contribution in [0.1, 0.15) is 11.4 Å². The van der Waals surface area contributed by atoms with Crippen molar-refractivity contribution in [3.63, 3.8) is 0 Å². The van der Waals surface area contributed by atoms with Gasteiger partial charge in [-0.1, -0.05) is 0 Å². The minimum atomic E-state index is -3.08. The zero-order chi connectivity index (χ0) is 13.6. The second-order valence-corrected chi connectivity index (χ2v) is 7.23. The summed E-state index contributed by atoms with van der Waals surface area (Å²) in [6.45, 7) is 0.457. The molecule has 0 saturated carbocycles. The Morgan fingerprint density at radius 3 is 2.89 bits per heavy atom. The van der Waals surface area contributed by atoms with Gasteiger partial charge in [-0.25, -0.2) is 13.4 Å². The maximum Gasteiger partial charge on any atom is 0.236 e. The Bertz CT molecular complexity index is 471. The van der Waals surface area contributed by atoms with Gasteiger partial charge >= 0.3 is 0 Å². The molecular weight excluding hydrogens is 274 g/mol. The number of rotatable bonds is 7. The molecule has 8 heteroatoms. The number of nitrogens with zero attached hydrogens (tertiary/aromatic N) is 1. The molecule has 0 saturated heterocycles. The number of thiazole rings is 1. The van der Waals surface area contributed by atoms with Crippen LogP contribution in [0, 0.1) is 0 Å². The molecule has 1 heterocycles. The van der Waals surface area contributed by atoms with E-state index < -0.39 is 15.9 Å². The molecule has 1 unspecified atom stereocenters. The number of hydrogen-bond donors (Lipinski definition) is 2. The van der Waals surface area contributed by atoms with Crippen LogP contribution >= 0.6 is 11.3 Å². The van der Waals surface area contributed by atoms with Gasteiger partial charge in [-0.2, -0.15) is 0 Å². The quantitative estimate of drug-likeness (QED) is 0.709. The highest BCUT2D eigenvalue weighted by Crippen LogP contribution is 2.03. The molecule has 0 aromatic carbocycles. The Hall–Kier alpha value is -0.990. The summed E-state index contributed by atoms with van der Waals surface area (Å²) in [5, 5.41) is 5.48. The normalized spacial score (nSPS) is 13.2. The predicted molar refractivity (Wildman–Crippen MR) is 71.1 cm³/mol. The smallest absolute Gasteiger partial charge is 0.236 e. The lowest BCUT2D eigenvalue weighted by atomic mass is 10.2. The predicted octanol–water partition coefficient (Wildman–Crippen LogP) is -0.436. The molecule has 1 rings (SSSR count). The number of aromatic nitrogens is 1. The molecule has 3 N–H and O–H groups in total. The summed E-state index contributed by atoms with van der Waals surface area (Å²) in [5.41, 5.74) is 5.59. The number of carbonyl (C=O) groups is 1. The average molecular weight is 291 g/mol. The second-order valence-electron chi connectivity index (χ2n) is 3.99. The standard InChI is InChI=1S/C10H17N3O3S2/c1-18(15,16)7-3-8(11)10(14)13-4-2-9-12-5-6-17-9/h5-6,8H,2-4,7,11H2,1H3,(H,13,14). The first-order chi connectivity index (χ1) is 8.38. The Labute approximate surface area is 111 Å². The number of sulfone groups is 1. The van der Waals surface area contributed by atoms with Crippen molar-refractivity contribution in [1.29, 1.82) is 0 Å². The molecule has 0 bridgehead atoms. The van der Waals surface area contributed by atoms with E-state index in [-0.39, 0.29) is 18.1 Å². The van der Waals surface area contributed by atoms with Gasteiger partial charge in [-0.05, 0) is 6.42 Å². The lowest BCUT2D eigenvalue weighted by molar-refractivity contribution is -0.122. The van der Waals surface area contributed by atoms with Crippen molar-refractivity contribution in [1.82, 2.24) is 10.3 Å². The molecule has 102 valence electrons. The van der Waals surface area contributed by atoms with Crippen molar-refractivity contribution < 1.29 is 13.2 Å². The van der Waals surface area contributed by atoms with Gasteiger partial charge in [0.2, 0.25) is 5.91 Å². The minimum Gasteiger partial charge on any atom is -0.354 e. The Morgan fingerprint density at radius 2 is 2.33 bits per heavy atom. The van der Waals surface area contributed by atoms with E-state index in [2.05, 4.69) is 10.3 Å². The van der Waals surface area contributed by atoms with Gasteiger partial charge in [0.15, 0.2) is 0 Å². The molecule has 18 heavy (non-hydrogen) atoms. The van der Waals surface area contributed by atoms with Gasteiger partial charge in [-0.3, -0.25) is 4.79 Å². The van der Waals surface area contributed by atoms with Gasteiger partial charge in [0.05, 0.1) is 16.8 Å². The molecule has 1 atom stereocenters. The lowest BCUT2D eigenvalue weighted by Gasteiger charge is -2.11. The summed E-state index contributed by atoms with van der Waals surface area (Å²) in [6, 6.07) is -0.781. The van der Waals surface area contributed by atoms with Crippen LogP contribution in [-0.2, 0) is 21.1 Å². The maximum atomic E-state index is 11.5. The van der Waals surface area contributed by atoms with Crippen LogP contribution in [0.4, 0.5) is 0 Å². The zero-order valence-corrected chi connectivity index (χ0v) is 11.8. The fourth-order valence-electron chi connectivity index (χ4n) is 1.27. The maximum absolute atomic E-state index is 11.5. The number of carbonyl (C=O) groups excluding carboxylic acids is 1. The highest BCUT2D eigenvalue weighted by atomic mass is 32.2. The van der Waals surface area contributed by atoms with E-state index >= 15 is 0 Å². The molecule has 0 aliphatic carbocycles. The molecule has 0 aliphatic heterocycles. The van der Waals surface area contributed by atoms with E-state index in [4.69, 9.17) is 5.73 Å². The lowest BCUT2D eigenvalue weighted by Crippen LogP contribution is -2.42. The van der Waals surface area contributed by atoms with Crippen molar-refractivity contribution >= 4 is 27.1 Å². The molecule has 6 nitrogen and oxygen atoms in total. The van der Waals surface area contributed by atoms with E-state index in [1.165, 1.54) is 11.3 Å².